The summed E-state index contributed by atoms with van der Waals surface area (Å²) in [6.45, 7) is 43.6. The van der Waals surface area contributed by atoms with E-state index in [-0.39, 0.29) is 252 Å². The van der Waals surface area contributed by atoms with E-state index in [1.54, 1.807) is 0 Å². The van der Waals surface area contributed by atoms with Gasteiger partial charge in [-0.15, -0.1) is 0 Å². The van der Waals surface area contributed by atoms with E-state index in [9.17, 15) is 58.2 Å². The molecule has 0 amide bonds. The smallest absolute Gasteiger partial charge is 0.312 e. The van der Waals surface area contributed by atoms with Crippen LogP contribution >= 0.6 is 0 Å². The fourth-order valence-electron chi connectivity index (χ4n) is 31.4. The largest absolute Gasteiger partial charge is 0.459 e. The van der Waals surface area contributed by atoms with Gasteiger partial charge in [-0.3, -0.25) is 47.9 Å². The lowest BCUT2D eigenvalue weighted by Crippen LogP contribution is -2.61. The zero-order valence-electron chi connectivity index (χ0n) is 85.8. The van der Waals surface area contributed by atoms with Crippen LogP contribution in [0.4, 0.5) is 0 Å². The number of esters is 10. The standard InChI is InChI=1S/C20H32O2.C19H30O2.2C16H26O3.3C13H18O5.14CH4/c1-5-19(3,4)18(21)22-20(6-2)11-14-10-15(20)17-13-8-7-12(9-13)16(14)17;1-4-11(3)18(20)21-19(5-2)10-14-9-15(19)17-13-7-6-12(8-13)16(14)17;2*1-4-14(2,3)13(17)19-16-8-11-5-12(9-16)7-15(18,6-11)10-16;3*1-4-13(2,3)12(15)18-9-7-5-6-8(16-7)10(9)17-11(6)14;;;;;;;;;;;;;;/h12-17H,5-11H2,1-4H3;11-17H,4-10H2,1-3H3;2*11-12,18H,4-10H2,1-3H3;3*6-10H,4-5H2,1-3H3;14*1H4. The Balaban J connectivity index is 0.000000440. The first-order chi connectivity index (χ1) is 63.3. The molecule has 16 saturated carbocycles. The molecule has 25 rings (SSSR count). The van der Waals surface area contributed by atoms with Gasteiger partial charge in [-0.25, -0.2) is 0 Å². The van der Waals surface area contributed by atoms with Crippen LogP contribution in [0.1, 0.15) is 475 Å². The van der Waals surface area contributed by atoms with Crippen LogP contribution in [0.2, 0.25) is 0 Å². The minimum absolute atomic E-state index is 0. The van der Waals surface area contributed by atoms with Crippen LogP contribution < -0.4 is 0 Å². The number of hydrogen-bond acceptors (Lipinski definition) is 25. The summed E-state index contributed by atoms with van der Waals surface area (Å²) in [4.78, 5) is 121. The number of fused-ring (bicyclic) bond motifs is 21. The molecule has 9 aliphatic heterocycles. The van der Waals surface area contributed by atoms with Crippen LogP contribution in [0.25, 0.3) is 0 Å². The Labute approximate surface area is 906 Å². The van der Waals surface area contributed by atoms with Crippen LogP contribution in [-0.4, -0.2) is 177 Å². The lowest BCUT2D eigenvalue weighted by molar-refractivity contribution is -0.226. The number of hydrogen-bond donors (Lipinski definition) is 2. The highest BCUT2D eigenvalue weighted by Gasteiger charge is 2.73. The van der Waals surface area contributed by atoms with Crippen molar-refractivity contribution in [3.05, 3.63) is 0 Å². The summed E-state index contributed by atoms with van der Waals surface area (Å²) in [5, 5.41) is 21.3. The molecule has 16 aliphatic carbocycles. The summed E-state index contributed by atoms with van der Waals surface area (Å²) in [6, 6.07) is 0. The van der Waals surface area contributed by atoms with Crippen molar-refractivity contribution in [3.63, 3.8) is 0 Å². The molecule has 0 spiro atoms. The van der Waals surface area contributed by atoms with Gasteiger partial charge in [0.05, 0.1) is 85.7 Å². The Bertz CT molecular complexity index is 4200. The zero-order chi connectivity index (χ0) is 97.5. The summed E-state index contributed by atoms with van der Waals surface area (Å²) in [6.07, 6.45) is 31.0. The van der Waals surface area contributed by atoms with Gasteiger partial charge in [0.25, 0.3) is 0 Å². The number of ether oxygens (including phenoxy) is 13. The van der Waals surface area contributed by atoms with E-state index in [1.165, 1.54) is 70.6 Å². The van der Waals surface area contributed by atoms with Crippen molar-refractivity contribution in [3.8, 4) is 0 Å². The second kappa shape index (κ2) is 49.7. The normalized spacial score (nSPS) is 40.6. The lowest BCUT2D eigenvalue weighted by atomic mass is 9.52. The van der Waals surface area contributed by atoms with Gasteiger partial charge >= 0.3 is 59.7 Å². The molecule has 25 nitrogen and oxygen atoms in total. The van der Waals surface area contributed by atoms with Crippen LogP contribution in [0.3, 0.4) is 0 Å². The zero-order valence-corrected chi connectivity index (χ0v) is 85.8. The molecule has 0 aromatic rings. The van der Waals surface area contributed by atoms with Crippen LogP contribution in [0.5, 0.6) is 0 Å². The highest BCUT2D eigenvalue weighted by molar-refractivity contribution is 5.82. The van der Waals surface area contributed by atoms with E-state index in [2.05, 4.69) is 27.7 Å². The second-order valence-electron chi connectivity index (χ2n) is 51.7. The first-order valence-corrected chi connectivity index (χ1v) is 53.9. The van der Waals surface area contributed by atoms with Crippen molar-refractivity contribution < 1.29 is 120 Å². The van der Waals surface area contributed by atoms with Gasteiger partial charge in [-0.1, -0.05) is 173 Å². The van der Waals surface area contributed by atoms with Crippen molar-refractivity contribution >= 4 is 59.7 Å². The summed E-state index contributed by atoms with van der Waals surface area (Å²) >= 11 is 0. The summed E-state index contributed by atoms with van der Waals surface area (Å²) in [7, 11) is 0. The molecule has 25 heteroatoms. The third kappa shape index (κ3) is 24.8. The highest BCUT2D eigenvalue weighted by atomic mass is 16.7. The molecule has 9 heterocycles. The van der Waals surface area contributed by atoms with Crippen molar-refractivity contribution in [2.24, 2.45) is 151 Å². The molecule has 25 aliphatic rings. The minimum atomic E-state index is -0.555. The lowest BCUT2D eigenvalue weighted by Gasteiger charge is -2.59. The number of carbonyl (C=O) groups is 10. The van der Waals surface area contributed by atoms with Crippen LogP contribution in [-0.2, 0) is 110 Å². The van der Waals surface area contributed by atoms with E-state index < -0.39 is 74.9 Å². The molecule has 870 valence electrons. The maximum Gasteiger partial charge on any atom is 0.312 e. The van der Waals surface area contributed by atoms with Gasteiger partial charge < -0.3 is 71.8 Å². The van der Waals surface area contributed by atoms with Gasteiger partial charge in [0, 0.05) is 24.7 Å². The van der Waals surface area contributed by atoms with Crippen LogP contribution in [0.15, 0.2) is 0 Å². The Morgan fingerprint density at radius 2 is 0.570 bits per heavy atom. The average Bonchev–Trinajstić information content (AvgIpc) is 1.55. The summed E-state index contributed by atoms with van der Waals surface area (Å²) in [5.74, 6) is 11.2. The Hall–Kier alpha value is -5.50. The maximum atomic E-state index is 12.7. The summed E-state index contributed by atoms with van der Waals surface area (Å²) in [5.41, 5.74) is -4.74. The molecule has 0 aromatic heterocycles. The van der Waals surface area contributed by atoms with Gasteiger partial charge in [0.2, 0.25) is 0 Å². The van der Waals surface area contributed by atoms with Gasteiger partial charge in [0.15, 0.2) is 36.6 Å². The van der Waals surface area contributed by atoms with Gasteiger partial charge in [-0.05, 0) is 371 Å². The molecule has 9 saturated heterocycles. The van der Waals surface area contributed by atoms with E-state index >= 15 is 0 Å². The molecule has 34 unspecified atom stereocenters. The molecule has 0 aromatic carbocycles. The molecule has 2 N–H and O–H groups in total. The number of carbonyl (C=O) groups excluding carboxylic acids is 10. The molecular weight excluding hydrogens is 1890 g/mol. The first-order valence-electron chi connectivity index (χ1n) is 53.9. The number of aliphatic hydroxyl groups is 2. The number of rotatable bonds is 23. The third-order valence-electron chi connectivity index (χ3n) is 40.9. The summed E-state index contributed by atoms with van der Waals surface area (Å²) < 4.78 is 73.9. The quantitative estimate of drug-likeness (QED) is 0.0545. The van der Waals surface area contributed by atoms with E-state index in [1.807, 2.05) is 125 Å². The minimum Gasteiger partial charge on any atom is -0.459 e. The van der Waals surface area contributed by atoms with Gasteiger partial charge in [0.1, 0.15) is 40.7 Å². The van der Waals surface area contributed by atoms with Crippen LogP contribution in [0, 0.1) is 151 Å². The van der Waals surface area contributed by atoms with Crippen molar-refractivity contribution in [1.29, 1.82) is 0 Å². The Kier molecular flexibility index (Phi) is 46.0. The van der Waals surface area contributed by atoms with Gasteiger partial charge in [-0.2, -0.15) is 0 Å². The monoisotopic (exact) mass is 2110 g/mol. The third-order valence-corrected chi connectivity index (χ3v) is 40.9. The fourth-order valence-corrected chi connectivity index (χ4v) is 31.4. The predicted molar refractivity (Wildman–Crippen MR) is 591 cm³/mol. The molecule has 34 atom stereocenters. The van der Waals surface area contributed by atoms with Crippen molar-refractivity contribution in [1.82, 2.24) is 0 Å². The van der Waals surface area contributed by atoms with E-state index in [0.29, 0.717) is 86.9 Å². The molecular formula is C124H224O25. The maximum absolute atomic E-state index is 12.7. The molecule has 0 radical (unpaired) electrons. The average molecular weight is 2120 g/mol. The SMILES string of the molecule is C.C.C.C.C.C.C.C.C.C.C.C.C.C.CCC(C)(C)C(=O)OC1(CC)CC2CC1C1C3CCC(C3)C21.CCC(C)(C)C(=O)OC12CC3CC(CC(O)(C3)C1)C2.CCC(C)(C)C(=O)OC12CC3CC(CC(O)(C3)C1)C2.CCC(C)(C)C(=O)OC1C2CC3C(=O)OC1C3O2.CCC(C)(C)C(=O)OC1C2CC3C(=O)OC1C3O2.CCC(C)(C)C(=O)OC1C2CC3C(=O)OC1C3O2.CCC(C)C(=O)OC1(CC)CC2CC1C1C3CCC(C3)C21. The molecule has 149 heavy (non-hydrogen) atoms. The Morgan fingerprint density at radius 1 is 0.315 bits per heavy atom. The second-order valence-corrected chi connectivity index (χ2v) is 51.7. The van der Waals surface area contributed by atoms with E-state index in [0.717, 1.165) is 155 Å². The van der Waals surface area contributed by atoms with Crippen molar-refractivity contribution in [2.75, 3.05) is 0 Å². The first kappa shape index (κ1) is 138. The predicted octanol–water partition coefficient (Wildman–Crippen LogP) is 27.4. The van der Waals surface area contributed by atoms with Crippen molar-refractivity contribution in [2.45, 2.75) is 581 Å². The van der Waals surface area contributed by atoms with E-state index in [4.69, 9.17) is 61.6 Å². The molecule has 25 fully saturated rings. The Morgan fingerprint density at radius 3 is 0.826 bits per heavy atom. The topological polar surface area (TPSA) is 331 Å². The molecule has 22 bridgehead atoms. The fraction of sp³-hybridized carbons (Fsp3) is 0.919. The highest BCUT2D eigenvalue weighted by Crippen LogP contribution is 2.73.